The number of methoxy groups -OCH3 is 2. The summed E-state index contributed by atoms with van der Waals surface area (Å²) in [4.78, 5) is 30.4. The summed E-state index contributed by atoms with van der Waals surface area (Å²) in [5.41, 5.74) is 1.77. The van der Waals surface area contributed by atoms with Crippen molar-refractivity contribution in [2.24, 2.45) is 5.92 Å². The number of rotatable bonds is 13. The van der Waals surface area contributed by atoms with Crippen molar-refractivity contribution in [3.05, 3.63) is 101 Å². The normalized spacial score (nSPS) is 19.9. The van der Waals surface area contributed by atoms with E-state index < -0.39 is 17.9 Å². The summed E-state index contributed by atoms with van der Waals surface area (Å²) in [6.07, 6.45) is 4.56. The van der Waals surface area contributed by atoms with E-state index in [0.717, 1.165) is 54.3 Å². The van der Waals surface area contributed by atoms with Crippen LogP contribution < -0.4 is 19.5 Å². The lowest BCUT2D eigenvalue weighted by Crippen LogP contribution is -2.52. The Hall–Kier alpha value is -3.39. The lowest BCUT2D eigenvalue weighted by atomic mass is 9.85. The molecule has 0 spiro atoms. The predicted molar refractivity (Wildman–Crippen MR) is 185 cm³/mol. The number of halogens is 2. The first-order chi connectivity index (χ1) is 23.1. The van der Waals surface area contributed by atoms with Gasteiger partial charge in [-0.25, -0.2) is 9.59 Å². The molecule has 3 saturated heterocycles. The van der Waals surface area contributed by atoms with Crippen LogP contribution in [0.25, 0.3) is 0 Å². The molecule has 254 valence electrons. The number of thiophene rings is 2. The molecule has 1 aromatic carbocycles. The average Bonchev–Trinajstić information content (AvgIpc) is 3.76. The number of nitrogens with zero attached hydrogens (tertiary/aromatic N) is 2. The fraction of sp³-hybridized carbons (Fsp3) is 0.382. The number of hydrogen-bond acceptors (Lipinski definition) is 10. The van der Waals surface area contributed by atoms with Crippen molar-refractivity contribution in [3.63, 3.8) is 0 Å². The van der Waals surface area contributed by atoms with Crippen molar-refractivity contribution in [2.75, 3.05) is 33.9 Å². The Morgan fingerprint density at radius 1 is 1.10 bits per heavy atom. The molecule has 0 aliphatic carbocycles. The van der Waals surface area contributed by atoms with Crippen LogP contribution in [0.1, 0.15) is 60.9 Å². The first kappa shape index (κ1) is 34.5. The third-order valence-electron chi connectivity index (χ3n) is 9.06. The summed E-state index contributed by atoms with van der Waals surface area (Å²) < 4.78 is 17.6. The predicted octanol–water partition coefficient (Wildman–Crippen LogP) is 6.31. The van der Waals surface area contributed by atoms with Crippen molar-refractivity contribution in [1.29, 1.82) is 0 Å². The maximum absolute atomic E-state index is 13.6. The molecule has 1 unspecified atom stereocenters. The molecular weight excluding hydrogens is 697 g/mol. The van der Waals surface area contributed by atoms with Crippen LogP contribution in [0.4, 0.5) is 0 Å². The highest BCUT2D eigenvalue weighted by Gasteiger charge is 2.38. The van der Waals surface area contributed by atoms with E-state index in [4.69, 9.17) is 37.4 Å². The molecule has 2 N–H and O–H groups in total. The van der Waals surface area contributed by atoms with Crippen molar-refractivity contribution >= 4 is 57.8 Å². The number of carboxylic acid groups (broad SMARTS) is 1. The Balaban J connectivity index is 1.32. The summed E-state index contributed by atoms with van der Waals surface area (Å²) >= 11 is 15.6. The highest BCUT2D eigenvalue weighted by molar-refractivity contribution is 7.14. The van der Waals surface area contributed by atoms with Gasteiger partial charge in [0.2, 0.25) is 0 Å². The molecule has 3 aromatic heterocycles. The maximum Gasteiger partial charge on any atom is 0.346 e. The Morgan fingerprint density at radius 2 is 1.83 bits per heavy atom. The number of piperidine rings is 3. The van der Waals surface area contributed by atoms with Gasteiger partial charge >= 0.3 is 11.9 Å². The van der Waals surface area contributed by atoms with E-state index in [-0.39, 0.29) is 40.0 Å². The first-order valence-electron chi connectivity index (χ1n) is 15.5. The molecule has 7 rings (SSSR count). The zero-order valence-corrected chi connectivity index (χ0v) is 29.5. The molecule has 6 heterocycles. The SMILES string of the molecule is COc1ccc([C@H](Cc2c(Cl)c[n+]([O-])cc2Cl)c2cc(CNC(C(=O)O[C@H]3CN4CCC3CC4)c3cccs3)sc2C(=O)O)cc1OC. The fourth-order valence-electron chi connectivity index (χ4n) is 6.60. The summed E-state index contributed by atoms with van der Waals surface area (Å²) in [6.45, 7) is 3.07. The second-order valence-corrected chi connectivity index (χ2v) is 14.8. The fourth-order valence-corrected chi connectivity index (χ4v) is 8.99. The van der Waals surface area contributed by atoms with Crippen LogP contribution in [0, 0.1) is 11.1 Å². The van der Waals surface area contributed by atoms with Gasteiger partial charge in [-0.05, 0) is 79.0 Å². The van der Waals surface area contributed by atoms with E-state index in [1.165, 1.54) is 38.0 Å². The Kier molecular flexibility index (Phi) is 10.8. The van der Waals surface area contributed by atoms with E-state index in [2.05, 4.69) is 10.2 Å². The van der Waals surface area contributed by atoms with Crippen molar-refractivity contribution < 1.29 is 33.6 Å². The van der Waals surface area contributed by atoms with Gasteiger partial charge in [-0.3, -0.25) is 10.2 Å². The minimum Gasteiger partial charge on any atom is -0.619 e. The average molecular weight is 733 g/mol. The molecule has 3 atom stereocenters. The minimum absolute atomic E-state index is 0.133. The molecule has 3 fully saturated rings. The van der Waals surface area contributed by atoms with Gasteiger partial charge in [0.25, 0.3) is 0 Å². The zero-order chi connectivity index (χ0) is 33.9. The molecule has 10 nitrogen and oxygen atoms in total. The summed E-state index contributed by atoms with van der Waals surface area (Å²) in [7, 11) is 3.06. The van der Waals surface area contributed by atoms with Gasteiger partial charge in [-0.15, -0.1) is 22.7 Å². The standard InChI is InChI=1S/C34H35Cl2N3O7S2/c1-44-27-6-5-20(12-28(27)45-2)22(14-24-25(35)16-39(43)17-26(24)36)23-13-21(48-32(23)33(40)41)15-37-31(30-4-3-11-47-30)34(42)46-29-18-38-9-7-19(29)8-10-38/h3-6,11-13,16-17,19,22,29,31,37H,7-10,14-15,18H2,1-2H3,(H,40,41)/t22-,29-,31?/m0/s1. The van der Waals surface area contributed by atoms with Gasteiger partial charge in [0, 0.05) is 34.3 Å². The molecule has 4 aromatic rings. The summed E-state index contributed by atoms with van der Waals surface area (Å²) in [6, 6.07) is 10.3. The van der Waals surface area contributed by atoms with Gasteiger partial charge in [0.15, 0.2) is 23.9 Å². The van der Waals surface area contributed by atoms with Crippen molar-refractivity contribution in [1.82, 2.24) is 10.2 Å². The quantitative estimate of drug-likeness (QED) is 0.0925. The Bertz CT molecular complexity index is 1750. The second kappa shape index (κ2) is 15.0. The molecule has 14 heteroatoms. The third-order valence-corrected chi connectivity index (χ3v) is 11.8. The van der Waals surface area contributed by atoms with E-state index >= 15 is 0 Å². The monoisotopic (exact) mass is 731 g/mol. The number of fused-ring (bicyclic) bond motifs is 3. The van der Waals surface area contributed by atoms with Crippen LogP contribution >= 0.6 is 45.9 Å². The molecular formula is C34H35Cl2N3O7S2. The number of carbonyl (C=O) groups is 2. The van der Waals surface area contributed by atoms with Crippen LogP contribution in [-0.4, -0.2) is 61.9 Å². The van der Waals surface area contributed by atoms with Gasteiger partial charge in [0.05, 0.1) is 14.2 Å². The Labute approximate surface area is 296 Å². The molecule has 0 saturated carbocycles. The number of esters is 1. The number of carbonyl (C=O) groups excluding carboxylic acids is 1. The van der Waals surface area contributed by atoms with Gasteiger partial charge in [-0.2, -0.15) is 4.73 Å². The first-order valence-corrected chi connectivity index (χ1v) is 17.9. The minimum atomic E-state index is -1.09. The second-order valence-electron chi connectivity index (χ2n) is 11.9. The van der Waals surface area contributed by atoms with E-state index in [1.807, 2.05) is 29.6 Å². The maximum atomic E-state index is 13.6. The van der Waals surface area contributed by atoms with Crippen LogP contribution in [0.2, 0.25) is 10.0 Å². The lowest BCUT2D eigenvalue weighted by Gasteiger charge is -2.44. The summed E-state index contributed by atoms with van der Waals surface area (Å²) in [5, 5.41) is 28.0. The lowest BCUT2D eigenvalue weighted by molar-refractivity contribution is -0.605. The van der Waals surface area contributed by atoms with E-state index in [0.29, 0.717) is 38.2 Å². The molecule has 2 bridgehead atoms. The van der Waals surface area contributed by atoms with Gasteiger partial charge < -0.3 is 24.5 Å². The number of hydrogen-bond donors (Lipinski definition) is 2. The smallest absolute Gasteiger partial charge is 0.346 e. The molecule has 0 radical (unpaired) electrons. The van der Waals surface area contributed by atoms with Gasteiger partial charge in [-0.1, -0.05) is 35.3 Å². The molecule has 0 amide bonds. The largest absolute Gasteiger partial charge is 0.619 e. The molecule has 48 heavy (non-hydrogen) atoms. The van der Waals surface area contributed by atoms with Crippen LogP contribution in [0.3, 0.4) is 0 Å². The van der Waals surface area contributed by atoms with Crippen LogP contribution in [0.5, 0.6) is 11.5 Å². The highest BCUT2D eigenvalue weighted by atomic mass is 35.5. The zero-order valence-electron chi connectivity index (χ0n) is 26.3. The van der Waals surface area contributed by atoms with Crippen molar-refractivity contribution in [3.8, 4) is 11.5 Å². The number of benzene rings is 1. The molecule has 3 aliphatic heterocycles. The molecule has 3 aliphatic rings. The number of aromatic nitrogens is 1. The van der Waals surface area contributed by atoms with Crippen LogP contribution in [-0.2, 0) is 22.5 Å². The van der Waals surface area contributed by atoms with E-state index in [1.54, 1.807) is 12.1 Å². The van der Waals surface area contributed by atoms with E-state index in [9.17, 15) is 19.9 Å². The topological polar surface area (TPSA) is 124 Å². The number of aromatic carboxylic acids is 1. The summed E-state index contributed by atoms with van der Waals surface area (Å²) in [5.74, 6) is -0.615. The van der Waals surface area contributed by atoms with Crippen molar-refractivity contribution in [2.45, 2.75) is 43.9 Å². The number of carboxylic acids is 1. The number of pyridine rings is 1. The van der Waals surface area contributed by atoms with Gasteiger partial charge in [0.1, 0.15) is 27.1 Å². The number of ether oxygens (including phenoxy) is 3. The Morgan fingerprint density at radius 3 is 2.44 bits per heavy atom. The highest BCUT2D eigenvalue weighted by Crippen LogP contribution is 2.41. The van der Waals surface area contributed by atoms with Crippen LogP contribution in [0.15, 0.2) is 54.2 Å². The number of nitrogens with one attached hydrogen (secondary N) is 1. The third kappa shape index (κ3) is 7.44.